The minimum atomic E-state index is -1.20. The van der Waals surface area contributed by atoms with Crippen LogP contribution >= 0.6 is 0 Å². The molecule has 2 aliphatic rings. The summed E-state index contributed by atoms with van der Waals surface area (Å²) in [4.78, 5) is 24.3. The molecular weight excluding hydrogens is 239 g/mol. The highest BCUT2D eigenvalue weighted by Crippen LogP contribution is 2.37. The first-order valence-electron chi connectivity index (χ1n) is 5.68. The van der Waals surface area contributed by atoms with Crippen molar-refractivity contribution >= 4 is 11.9 Å². The highest BCUT2D eigenvalue weighted by atomic mass is 19.1. The van der Waals surface area contributed by atoms with Crippen LogP contribution in [0.2, 0.25) is 0 Å². The van der Waals surface area contributed by atoms with Gasteiger partial charge in [0.25, 0.3) is 0 Å². The monoisotopic (exact) mass is 254 g/mol. The zero-order valence-electron chi connectivity index (χ0n) is 10.2. The van der Waals surface area contributed by atoms with Crippen molar-refractivity contribution < 1.29 is 19.1 Å². The lowest BCUT2D eigenvalue weighted by Gasteiger charge is -2.18. The van der Waals surface area contributed by atoms with E-state index in [0.29, 0.717) is 5.70 Å². The number of carbonyl (C=O) groups excluding carboxylic acids is 1. The SMILES string of the molecule is CN(C)C1=CC(C2CNC(=O)[C@H]2C(=O)O)C(F)=C1. The Bertz CT molecular complexity index is 456. The van der Waals surface area contributed by atoms with Crippen LogP contribution < -0.4 is 5.32 Å². The lowest BCUT2D eigenvalue weighted by atomic mass is 9.84. The van der Waals surface area contributed by atoms with Gasteiger partial charge in [-0.1, -0.05) is 6.08 Å². The molecule has 2 N–H and O–H groups in total. The number of aliphatic carboxylic acids is 1. The van der Waals surface area contributed by atoms with Crippen molar-refractivity contribution in [3.63, 3.8) is 0 Å². The molecule has 1 fully saturated rings. The maximum atomic E-state index is 13.9. The normalized spacial score (nSPS) is 30.8. The molecule has 1 saturated heterocycles. The number of nitrogens with zero attached hydrogens (tertiary/aromatic N) is 1. The van der Waals surface area contributed by atoms with Crippen LogP contribution in [0.25, 0.3) is 0 Å². The van der Waals surface area contributed by atoms with E-state index < -0.39 is 29.6 Å². The number of allylic oxidation sites excluding steroid dienone is 3. The molecule has 0 aromatic heterocycles. The Labute approximate surface area is 104 Å². The second-order valence-electron chi connectivity index (χ2n) is 4.77. The van der Waals surface area contributed by atoms with Crippen molar-refractivity contribution in [1.29, 1.82) is 0 Å². The number of amides is 1. The number of halogens is 1. The quantitative estimate of drug-likeness (QED) is 0.714. The number of nitrogens with one attached hydrogen (secondary N) is 1. The van der Waals surface area contributed by atoms with Gasteiger partial charge in [0.1, 0.15) is 11.7 Å². The van der Waals surface area contributed by atoms with Crippen molar-refractivity contribution in [2.45, 2.75) is 0 Å². The Balaban J connectivity index is 2.25. The van der Waals surface area contributed by atoms with Gasteiger partial charge in [-0.15, -0.1) is 0 Å². The zero-order chi connectivity index (χ0) is 13.4. The molecule has 0 aromatic carbocycles. The molecular formula is C12H15FN2O3. The van der Waals surface area contributed by atoms with Crippen LogP contribution in [0.15, 0.2) is 23.7 Å². The van der Waals surface area contributed by atoms with Crippen LogP contribution in [0.3, 0.4) is 0 Å². The fraction of sp³-hybridized carbons (Fsp3) is 0.500. The fourth-order valence-corrected chi connectivity index (χ4v) is 2.43. The number of carbonyl (C=O) groups is 2. The number of carboxylic acid groups (broad SMARTS) is 1. The fourth-order valence-electron chi connectivity index (χ4n) is 2.43. The predicted molar refractivity (Wildman–Crippen MR) is 62.1 cm³/mol. The van der Waals surface area contributed by atoms with Gasteiger partial charge in [0.15, 0.2) is 0 Å². The Morgan fingerprint density at radius 1 is 1.56 bits per heavy atom. The van der Waals surface area contributed by atoms with Crippen LogP contribution in [-0.2, 0) is 9.59 Å². The highest BCUT2D eigenvalue weighted by Gasteiger charge is 2.46. The summed E-state index contributed by atoms with van der Waals surface area (Å²) in [5.41, 5.74) is 0.695. The minimum absolute atomic E-state index is 0.193. The van der Waals surface area contributed by atoms with E-state index >= 15 is 0 Å². The number of likely N-dealkylation sites (N-methyl/N-ethyl adjacent to an activating group) is 1. The summed E-state index contributed by atoms with van der Waals surface area (Å²) in [6.45, 7) is 0.193. The average Bonchev–Trinajstić information content (AvgIpc) is 2.81. The molecule has 5 nitrogen and oxygen atoms in total. The van der Waals surface area contributed by atoms with E-state index in [4.69, 9.17) is 5.11 Å². The van der Waals surface area contributed by atoms with Crippen molar-refractivity contribution in [3.8, 4) is 0 Å². The zero-order valence-corrected chi connectivity index (χ0v) is 10.2. The molecule has 1 amide bonds. The summed E-state index contributed by atoms with van der Waals surface area (Å²) in [6, 6.07) is 0. The van der Waals surface area contributed by atoms with Gasteiger partial charge in [0.2, 0.25) is 5.91 Å². The standard InChI is InChI=1S/C12H15FN2O3/c1-15(2)6-3-7(9(13)4-6)8-5-14-11(16)10(8)12(17)18/h3-4,7-8,10H,5H2,1-2H3,(H,14,16)(H,17,18)/t7?,8?,10-/m0/s1. The molecule has 1 aliphatic carbocycles. The lowest BCUT2D eigenvalue weighted by molar-refractivity contribution is -0.147. The lowest BCUT2D eigenvalue weighted by Crippen LogP contribution is -2.30. The maximum absolute atomic E-state index is 13.9. The largest absolute Gasteiger partial charge is 0.481 e. The van der Waals surface area contributed by atoms with E-state index in [1.54, 1.807) is 25.1 Å². The third kappa shape index (κ3) is 1.98. The predicted octanol–water partition coefficient (Wildman–Crippen LogP) is 0.362. The van der Waals surface area contributed by atoms with Gasteiger partial charge in [0.05, 0.1) is 0 Å². The summed E-state index contributed by atoms with van der Waals surface area (Å²) in [7, 11) is 3.56. The van der Waals surface area contributed by atoms with E-state index in [1.165, 1.54) is 6.08 Å². The smallest absolute Gasteiger partial charge is 0.316 e. The first-order valence-corrected chi connectivity index (χ1v) is 5.68. The molecule has 3 atom stereocenters. The topological polar surface area (TPSA) is 69.6 Å². The Morgan fingerprint density at radius 2 is 2.22 bits per heavy atom. The van der Waals surface area contributed by atoms with Crippen LogP contribution in [0, 0.1) is 17.8 Å². The van der Waals surface area contributed by atoms with E-state index in [1.807, 2.05) is 0 Å². The Kier molecular flexibility index (Phi) is 3.11. The third-order valence-corrected chi connectivity index (χ3v) is 3.42. The summed E-state index contributed by atoms with van der Waals surface area (Å²) < 4.78 is 13.9. The van der Waals surface area contributed by atoms with Gasteiger partial charge in [0, 0.05) is 38.2 Å². The molecule has 98 valence electrons. The van der Waals surface area contributed by atoms with Crippen LogP contribution in [-0.4, -0.2) is 42.5 Å². The van der Waals surface area contributed by atoms with E-state index in [0.717, 1.165) is 0 Å². The maximum Gasteiger partial charge on any atom is 0.316 e. The summed E-state index contributed by atoms with van der Waals surface area (Å²) in [5, 5.41) is 11.5. The Hall–Kier alpha value is -1.85. The number of rotatable bonds is 3. The number of hydrogen-bond acceptors (Lipinski definition) is 3. The first-order chi connectivity index (χ1) is 8.41. The average molecular weight is 254 g/mol. The summed E-state index contributed by atoms with van der Waals surface area (Å²) >= 11 is 0. The van der Waals surface area contributed by atoms with Gasteiger partial charge in [-0.05, 0) is 6.08 Å². The molecule has 1 aliphatic heterocycles. The van der Waals surface area contributed by atoms with Crippen molar-refractivity contribution in [1.82, 2.24) is 10.2 Å². The molecule has 6 heteroatoms. The molecule has 0 bridgehead atoms. The number of hydrogen-bond donors (Lipinski definition) is 2. The molecule has 2 unspecified atom stereocenters. The van der Waals surface area contributed by atoms with E-state index in [9.17, 15) is 14.0 Å². The second kappa shape index (κ2) is 4.44. The van der Waals surface area contributed by atoms with Gasteiger partial charge in [-0.3, -0.25) is 9.59 Å². The van der Waals surface area contributed by atoms with E-state index in [-0.39, 0.29) is 12.4 Å². The van der Waals surface area contributed by atoms with Crippen LogP contribution in [0.5, 0.6) is 0 Å². The summed E-state index contributed by atoms with van der Waals surface area (Å²) in [5.74, 6) is -4.49. The molecule has 1 heterocycles. The third-order valence-electron chi connectivity index (χ3n) is 3.42. The first kappa shape index (κ1) is 12.6. The molecule has 0 saturated carbocycles. The number of carboxylic acids is 1. The molecule has 2 rings (SSSR count). The molecule has 0 aromatic rings. The van der Waals surface area contributed by atoms with Gasteiger partial charge in [-0.25, -0.2) is 4.39 Å². The van der Waals surface area contributed by atoms with Crippen molar-refractivity contribution in [2.24, 2.45) is 17.8 Å². The van der Waals surface area contributed by atoms with Crippen molar-refractivity contribution in [2.75, 3.05) is 20.6 Å². The van der Waals surface area contributed by atoms with Gasteiger partial charge in [-0.2, -0.15) is 0 Å². The van der Waals surface area contributed by atoms with E-state index in [2.05, 4.69) is 5.32 Å². The van der Waals surface area contributed by atoms with Crippen molar-refractivity contribution in [3.05, 3.63) is 23.7 Å². The second-order valence-corrected chi connectivity index (χ2v) is 4.77. The minimum Gasteiger partial charge on any atom is -0.481 e. The molecule has 0 radical (unpaired) electrons. The van der Waals surface area contributed by atoms with Gasteiger partial charge < -0.3 is 15.3 Å². The van der Waals surface area contributed by atoms with Crippen LogP contribution in [0.4, 0.5) is 4.39 Å². The van der Waals surface area contributed by atoms with Gasteiger partial charge >= 0.3 is 5.97 Å². The van der Waals surface area contributed by atoms with Crippen LogP contribution in [0.1, 0.15) is 0 Å². The highest BCUT2D eigenvalue weighted by molar-refractivity contribution is 5.99. The molecule has 0 spiro atoms. The Morgan fingerprint density at radius 3 is 2.72 bits per heavy atom. The summed E-state index contributed by atoms with van der Waals surface area (Å²) in [6.07, 6.45) is 3.06. The molecule has 18 heavy (non-hydrogen) atoms.